The second-order valence-corrected chi connectivity index (χ2v) is 4.71. The molecule has 17 heavy (non-hydrogen) atoms. The first kappa shape index (κ1) is 14.2. The first-order valence-electron chi connectivity index (χ1n) is 6.56. The maximum Gasteiger partial charge on any atom is 0.227 e. The normalized spacial score (nSPS) is 16.8. The molecule has 0 aromatic heterocycles. The third-order valence-corrected chi connectivity index (χ3v) is 2.96. The van der Waals surface area contributed by atoms with Gasteiger partial charge in [-0.1, -0.05) is 19.3 Å². The molecule has 1 aliphatic carbocycles. The molecule has 1 fully saturated rings. The summed E-state index contributed by atoms with van der Waals surface area (Å²) >= 11 is 0. The quantitative estimate of drug-likeness (QED) is 0.546. The lowest BCUT2D eigenvalue weighted by Gasteiger charge is -2.21. The van der Waals surface area contributed by atoms with E-state index in [1.165, 1.54) is 39.0 Å². The number of Topliss-reactive ketones (excluding diaryl/α,β-unsaturated/α-hetero) is 1. The van der Waals surface area contributed by atoms with Crippen LogP contribution in [0, 0.1) is 0 Å². The van der Waals surface area contributed by atoms with Crippen LogP contribution in [-0.4, -0.2) is 30.9 Å². The van der Waals surface area contributed by atoms with E-state index in [9.17, 15) is 9.59 Å². The summed E-state index contributed by atoms with van der Waals surface area (Å²) in [6.07, 6.45) is 7.48. The van der Waals surface area contributed by atoms with Crippen molar-refractivity contribution in [3.8, 4) is 0 Å². The Morgan fingerprint density at radius 2 is 1.94 bits per heavy atom. The fourth-order valence-corrected chi connectivity index (χ4v) is 2.07. The molecule has 0 aliphatic heterocycles. The number of amides is 1. The Morgan fingerprint density at radius 3 is 2.59 bits per heavy atom. The van der Waals surface area contributed by atoms with E-state index < -0.39 is 0 Å². The summed E-state index contributed by atoms with van der Waals surface area (Å²) in [5, 5.41) is 2.71. The number of carbonyl (C=O) groups is 2. The number of carbonyl (C=O) groups excluding carboxylic acids is 2. The smallest absolute Gasteiger partial charge is 0.227 e. The summed E-state index contributed by atoms with van der Waals surface area (Å²) in [4.78, 5) is 21.8. The molecule has 0 radical (unpaired) electrons. The zero-order chi connectivity index (χ0) is 12.5. The molecule has 0 atom stereocenters. The van der Waals surface area contributed by atoms with Crippen LogP contribution in [0.4, 0.5) is 0 Å². The first-order chi connectivity index (χ1) is 8.18. The number of ketones is 1. The predicted octanol–water partition coefficient (Wildman–Crippen LogP) is 1.82. The first-order valence-corrected chi connectivity index (χ1v) is 6.56. The lowest BCUT2D eigenvalue weighted by molar-refractivity contribution is -0.127. The van der Waals surface area contributed by atoms with E-state index in [1.807, 2.05) is 0 Å². The van der Waals surface area contributed by atoms with Crippen LogP contribution in [0.2, 0.25) is 0 Å². The third kappa shape index (κ3) is 7.10. The average molecular weight is 241 g/mol. The molecule has 98 valence electrons. The highest BCUT2D eigenvalue weighted by atomic mass is 16.5. The summed E-state index contributed by atoms with van der Waals surface area (Å²) < 4.78 is 5.73. The zero-order valence-electron chi connectivity index (χ0n) is 10.7. The van der Waals surface area contributed by atoms with Gasteiger partial charge in [-0.15, -0.1) is 0 Å². The van der Waals surface area contributed by atoms with Gasteiger partial charge in [0.1, 0.15) is 5.78 Å². The third-order valence-electron chi connectivity index (χ3n) is 2.96. The van der Waals surface area contributed by atoms with Crippen molar-refractivity contribution < 1.29 is 14.3 Å². The van der Waals surface area contributed by atoms with Crippen molar-refractivity contribution in [2.45, 2.75) is 58.0 Å². The summed E-state index contributed by atoms with van der Waals surface area (Å²) in [6.45, 7) is 2.72. The molecule has 1 aliphatic rings. The summed E-state index contributed by atoms with van der Waals surface area (Å²) in [6, 6.07) is 0. The van der Waals surface area contributed by atoms with E-state index in [4.69, 9.17) is 4.74 Å². The van der Waals surface area contributed by atoms with Crippen LogP contribution in [0.15, 0.2) is 0 Å². The fraction of sp³-hybridized carbons (Fsp3) is 0.846. The molecule has 0 unspecified atom stereocenters. The van der Waals surface area contributed by atoms with Crippen molar-refractivity contribution in [2.24, 2.45) is 0 Å². The van der Waals surface area contributed by atoms with Gasteiger partial charge < -0.3 is 10.1 Å². The van der Waals surface area contributed by atoms with Gasteiger partial charge in [0, 0.05) is 13.2 Å². The Morgan fingerprint density at radius 1 is 1.24 bits per heavy atom. The van der Waals surface area contributed by atoms with Gasteiger partial charge in [0.2, 0.25) is 5.91 Å². The van der Waals surface area contributed by atoms with Crippen LogP contribution in [0.3, 0.4) is 0 Å². The Bertz CT molecular complexity index is 247. The summed E-state index contributed by atoms with van der Waals surface area (Å²) in [7, 11) is 0. The SMILES string of the molecule is CC(=O)CC(=O)NCCCOC1CCCCC1. The number of hydrogen-bond acceptors (Lipinski definition) is 3. The van der Waals surface area contributed by atoms with Gasteiger partial charge in [-0.25, -0.2) is 0 Å². The molecule has 1 rings (SSSR count). The molecule has 0 heterocycles. The standard InChI is InChI=1S/C13H23NO3/c1-11(15)10-13(16)14-8-5-9-17-12-6-3-2-4-7-12/h12H,2-10H2,1H3,(H,14,16). The molecule has 1 saturated carbocycles. The second-order valence-electron chi connectivity index (χ2n) is 4.71. The van der Waals surface area contributed by atoms with Crippen LogP contribution in [0.1, 0.15) is 51.9 Å². The largest absolute Gasteiger partial charge is 0.378 e. The molecule has 0 bridgehead atoms. The molecule has 4 nitrogen and oxygen atoms in total. The molecule has 4 heteroatoms. The lowest BCUT2D eigenvalue weighted by atomic mass is 9.98. The van der Waals surface area contributed by atoms with Gasteiger partial charge in [-0.05, 0) is 26.2 Å². The topological polar surface area (TPSA) is 55.4 Å². The zero-order valence-corrected chi connectivity index (χ0v) is 10.7. The van der Waals surface area contributed by atoms with E-state index >= 15 is 0 Å². The summed E-state index contributed by atoms with van der Waals surface area (Å²) in [5.74, 6) is -0.281. The molecule has 0 aromatic rings. The molecule has 1 amide bonds. The van der Waals surface area contributed by atoms with E-state index in [0.29, 0.717) is 19.3 Å². The number of nitrogens with one attached hydrogen (secondary N) is 1. The molecular formula is C13H23NO3. The van der Waals surface area contributed by atoms with E-state index in [-0.39, 0.29) is 18.1 Å². The summed E-state index contributed by atoms with van der Waals surface area (Å²) in [5.41, 5.74) is 0. The molecule has 0 spiro atoms. The van der Waals surface area contributed by atoms with Crippen LogP contribution in [-0.2, 0) is 14.3 Å². The average Bonchev–Trinajstić information content (AvgIpc) is 2.29. The van der Waals surface area contributed by atoms with Gasteiger partial charge in [0.25, 0.3) is 0 Å². The Hall–Kier alpha value is -0.900. The van der Waals surface area contributed by atoms with Crippen LogP contribution in [0.25, 0.3) is 0 Å². The lowest BCUT2D eigenvalue weighted by Crippen LogP contribution is -2.27. The van der Waals surface area contributed by atoms with Gasteiger partial charge >= 0.3 is 0 Å². The van der Waals surface area contributed by atoms with Crippen molar-refractivity contribution in [3.05, 3.63) is 0 Å². The van der Waals surface area contributed by atoms with Gasteiger partial charge in [-0.3, -0.25) is 9.59 Å². The minimum atomic E-state index is -0.185. The van der Waals surface area contributed by atoms with Crippen molar-refractivity contribution in [1.29, 1.82) is 0 Å². The highest BCUT2D eigenvalue weighted by molar-refractivity contribution is 5.96. The maximum absolute atomic E-state index is 11.1. The minimum absolute atomic E-state index is 0.0104. The van der Waals surface area contributed by atoms with Crippen molar-refractivity contribution in [2.75, 3.05) is 13.2 Å². The van der Waals surface area contributed by atoms with Crippen LogP contribution in [0.5, 0.6) is 0 Å². The van der Waals surface area contributed by atoms with Crippen LogP contribution < -0.4 is 5.32 Å². The molecule has 0 aromatic carbocycles. The molecular weight excluding hydrogens is 218 g/mol. The molecule has 0 saturated heterocycles. The number of ether oxygens (including phenoxy) is 1. The van der Waals surface area contributed by atoms with Gasteiger partial charge in [0.15, 0.2) is 0 Å². The minimum Gasteiger partial charge on any atom is -0.378 e. The van der Waals surface area contributed by atoms with Gasteiger partial charge in [-0.2, -0.15) is 0 Å². The second kappa shape index (κ2) is 8.23. The highest BCUT2D eigenvalue weighted by Gasteiger charge is 2.13. The fourth-order valence-electron chi connectivity index (χ4n) is 2.07. The van der Waals surface area contributed by atoms with Crippen molar-refractivity contribution in [1.82, 2.24) is 5.32 Å². The predicted molar refractivity (Wildman–Crippen MR) is 65.7 cm³/mol. The molecule has 1 N–H and O–H groups in total. The number of rotatable bonds is 7. The maximum atomic E-state index is 11.1. The Balaban J connectivity index is 1.93. The van der Waals surface area contributed by atoms with E-state index in [1.54, 1.807) is 0 Å². The van der Waals surface area contributed by atoms with E-state index in [2.05, 4.69) is 5.32 Å². The Labute approximate surface area is 103 Å². The highest BCUT2D eigenvalue weighted by Crippen LogP contribution is 2.20. The van der Waals surface area contributed by atoms with E-state index in [0.717, 1.165) is 6.42 Å². The van der Waals surface area contributed by atoms with Crippen molar-refractivity contribution >= 4 is 11.7 Å². The van der Waals surface area contributed by atoms with Crippen molar-refractivity contribution in [3.63, 3.8) is 0 Å². The van der Waals surface area contributed by atoms with Crippen LogP contribution >= 0.6 is 0 Å². The van der Waals surface area contributed by atoms with Gasteiger partial charge in [0.05, 0.1) is 12.5 Å². The number of hydrogen-bond donors (Lipinski definition) is 1. The Kier molecular flexibility index (Phi) is 6.86. The monoisotopic (exact) mass is 241 g/mol.